The highest BCUT2D eigenvalue weighted by Gasteiger charge is 2.25. The summed E-state index contributed by atoms with van der Waals surface area (Å²) in [6.07, 6.45) is 0. The Morgan fingerprint density at radius 1 is 1.05 bits per heavy atom. The molecular formula is C19H16N2S. The molecule has 0 amide bonds. The molecule has 0 saturated heterocycles. The first-order valence-corrected chi connectivity index (χ1v) is 8.29. The van der Waals surface area contributed by atoms with Crippen molar-refractivity contribution in [2.24, 2.45) is 4.99 Å². The second kappa shape index (κ2) is 5.43. The maximum Gasteiger partial charge on any atom is 0.0701 e. The van der Waals surface area contributed by atoms with Crippen LogP contribution in [0.2, 0.25) is 0 Å². The topological polar surface area (TPSA) is 15.6 Å². The molecule has 2 aromatic carbocycles. The highest BCUT2D eigenvalue weighted by molar-refractivity contribution is 7.08. The normalized spacial score (nSPS) is 15.3. The molecule has 2 heterocycles. The molecule has 0 spiro atoms. The van der Waals surface area contributed by atoms with Crippen LogP contribution in [0, 0.1) is 6.92 Å². The predicted octanol–water partition coefficient (Wildman–Crippen LogP) is 5.33. The largest absolute Gasteiger partial charge is 0.334 e. The van der Waals surface area contributed by atoms with E-state index in [0.717, 1.165) is 17.9 Å². The van der Waals surface area contributed by atoms with Gasteiger partial charge in [0, 0.05) is 10.9 Å². The van der Waals surface area contributed by atoms with E-state index in [1.54, 1.807) is 11.3 Å². The molecule has 0 aliphatic carbocycles. The van der Waals surface area contributed by atoms with E-state index in [0.29, 0.717) is 0 Å². The number of nitrogens with zero attached hydrogens (tertiary/aromatic N) is 2. The number of hydrogen-bond acceptors (Lipinski definition) is 3. The maximum absolute atomic E-state index is 4.90. The molecule has 1 aromatic heterocycles. The quantitative estimate of drug-likeness (QED) is 0.625. The van der Waals surface area contributed by atoms with Crippen molar-refractivity contribution < 1.29 is 0 Å². The van der Waals surface area contributed by atoms with Crippen LogP contribution in [0.15, 0.2) is 70.3 Å². The molecule has 0 unspecified atom stereocenters. The van der Waals surface area contributed by atoms with E-state index in [-0.39, 0.29) is 0 Å². The van der Waals surface area contributed by atoms with Crippen molar-refractivity contribution in [1.29, 1.82) is 0 Å². The molecule has 3 heteroatoms. The molecule has 0 saturated carbocycles. The van der Waals surface area contributed by atoms with Crippen molar-refractivity contribution >= 4 is 34.1 Å². The second-order valence-corrected chi connectivity index (χ2v) is 6.26. The molecule has 0 fully saturated rings. The lowest BCUT2D eigenvalue weighted by Gasteiger charge is -2.16. The Labute approximate surface area is 134 Å². The van der Waals surface area contributed by atoms with E-state index in [1.165, 1.54) is 22.5 Å². The standard InChI is InChI=1S/C19H16N2S/c1-14-5-4-6-15(11-14)20-18-12-21(16-9-10-22-13-16)19-8-3-2-7-17(18)19/h2-11,13H,12H2,1H3. The van der Waals surface area contributed by atoms with Crippen molar-refractivity contribution in [3.63, 3.8) is 0 Å². The van der Waals surface area contributed by atoms with Crippen LogP contribution in [-0.4, -0.2) is 12.3 Å². The number of benzene rings is 2. The summed E-state index contributed by atoms with van der Waals surface area (Å²) in [7, 11) is 0. The van der Waals surface area contributed by atoms with Gasteiger partial charge in [0.2, 0.25) is 0 Å². The molecule has 1 aliphatic heterocycles. The van der Waals surface area contributed by atoms with E-state index >= 15 is 0 Å². The molecule has 4 rings (SSSR count). The molecule has 22 heavy (non-hydrogen) atoms. The molecule has 108 valence electrons. The van der Waals surface area contributed by atoms with Crippen LogP contribution in [0.5, 0.6) is 0 Å². The lowest BCUT2D eigenvalue weighted by molar-refractivity contribution is 1.18. The van der Waals surface area contributed by atoms with Crippen molar-refractivity contribution in [3.8, 4) is 0 Å². The third-order valence-electron chi connectivity index (χ3n) is 3.90. The molecule has 2 nitrogen and oxygen atoms in total. The first-order chi connectivity index (χ1) is 10.8. The van der Waals surface area contributed by atoms with Gasteiger partial charge in [-0.25, -0.2) is 0 Å². The Kier molecular flexibility index (Phi) is 3.28. The van der Waals surface area contributed by atoms with Gasteiger partial charge in [-0.2, -0.15) is 11.3 Å². The van der Waals surface area contributed by atoms with Crippen LogP contribution in [0.25, 0.3) is 0 Å². The summed E-state index contributed by atoms with van der Waals surface area (Å²) in [5.74, 6) is 0. The summed E-state index contributed by atoms with van der Waals surface area (Å²) >= 11 is 1.73. The molecule has 0 radical (unpaired) electrons. The summed E-state index contributed by atoms with van der Waals surface area (Å²) in [4.78, 5) is 7.23. The summed E-state index contributed by atoms with van der Waals surface area (Å²) in [6, 6.07) is 19.0. The number of fused-ring (bicyclic) bond motifs is 1. The Balaban J connectivity index is 1.79. The van der Waals surface area contributed by atoms with Crippen LogP contribution in [0.1, 0.15) is 11.1 Å². The number of para-hydroxylation sites is 1. The van der Waals surface area contributed by atoms with Gasteiger partial charge in [0.05, 0.1) is 29.3 Å². The first-order valence-electron chi connectivity index (χ1n) is 7.35. The average molecular weight is 304 g/mol. The summed E-state index contributed by atoms with van der Waals surface area (Å²) in [5.41, 5.74) is 7.11. The van der Waals surface area contributed by atoms with Gasteiger partial charge in [0.15, 0.2) is 0 Å². The van der Waals surface area contributed by atoms with Crippen molar-refractivity contribution in [3.05, 3.63) is 76.5 Å². The van der Waals surface area contributed by atoms with Crippen LogP contribution in [0.4, 0.5) is 17.1 Å². The van der Waals surface area contributed by atoms with Gasteiger partial charge in [-0.3, -0.25) is 4.99 Å². The van der Waals surface area contributed by atoms with Gasteiger partial charge in [0.1, 0.15) is 0 Å². The predicted molar refractivity (Wildman–Crippen MR) is 95.1 cm³/mol. The molecule has 0 N–H and O–H groups in total. The van der Waals surface area contributed by atoms with E-state index in [9.17, 15) is 0 Å². The third-order valence-corrected chi connectivity index (χ3v) is 4.57. The zero-order chi connectivity index (χ0) is 14.9. The summed E-state index contributed by atoms with van der Waals surface area (Å²) in [5, 5.41) is 4.31. The lowest BCUT2D eigenvalue weighted by atomic mass is 10.1. The van der Waals surface area contributed by atoms with Gasteiger partial charge in [-0.15, -0.1) is 0 Å². The fourth-order valence-electron chi connectivity index (χ4n) is 2.86. The number of aliphatic imine (C=N–C) groups is 1. The van der Waals surface area contributed by atoms with Crippen molar-refractivity contribution in [1.82, 2.24) is 0 Å². The minimum atomic E-state index is 0.823. The highest BCUT2D eigenvalue weighted by atomic mass is 32.1. The highest BCUT2D eigenvalue weighted by Crippen LogP contribution is 2.36. The zero-order valence-electron chi connectivity index (χ0n) is 12.4. The fraction of sp³-hybridized carbons (Fsp3) is 0.105. The number of hydrogen-bond donors (Lipinski definition) is 0. The Bertz CT molecular complexity index is 834. The van der Waals surface area contributed by atoms with Gasteiger partial charge >= 0.3 is 0 Å². The number of aryl methyl sites for hydroxylation is 1. The summed E-state index contributed by atoms with van der Waals surface area (Å²) < 4.78 is 0. The van der Waals surface area contributed by atoms with Crippen LogP contribution >= 0.6 is 11.3 Å². The van der Waals surface area contributed by atoms with E-state index in [4.69, 9.17) is 4.99 Å². The lowest BCUT2D eigenvalue weighted by Crippen LogP contribution is -2.15. The van der Waals surface area contributed by atoms with Crippen molar-refractivity contribution in [2.75, 3.05) is 11.4 Å². The SMILES string of the molecule is Cc1cccc(N=C2CN(c3ccsc3)c3ccccc32)c1. The van der Waals surface area contributed by atoms with Crippen LogP contribution in [-0.2, 0) is 0 Å². The number of rotatable bonds is 2. The maximum atomic E-state index is 4.90. The molecule has 1 aliphatic rings. The van der Waals surface area contributed by atoms with Gasteiger partial charge in [0.25, 0.3) is 0 Å². The van der Waals surface area contributed by atoms with Gasteiger partial charge in [-0.1, -0.05) is 30.3 Å². The minimum Gasteiger partial charge on any atom is -0.334 e. The fourth-order valence-corrected chi connectivity index (χ4v) is 3.51. The molecule has 3 aromatic rings. The van der Waals surface area contributed by atoms with Crippen LogP contribution < -0.4 is 4.90 Å². The van der Waals surface area contributed by atoms with E-state index in [2.05, 4.69) is 77.2 Å². The Hall–Kier alpha value is -2.39. The van der Waals surface area contributed by atoms with E-state index < -0.39 is 0 Å². The monoisotopic (exact) mass is 304 g/mol. The molecule has 0 bridgehead atoms. The third kappa shape index (κ3) is 2.34. The average Bonchev–Trinajstić information content (AvgIpc) is 3.16. The Morgan fingerprint density at radius 3 is 2.77 bits per heavy atom. The summed E-state index contributed by atoms with van der Waals surface area (Å²) in [6.45, 7) is 2.92. The molecule has 0 atom stereocenters. The van der Waals surface area contributed by atoms with E-state index in [1.807, 2.05) is 0 Å². The smallest absolute Gasteiger partial charge is 0.0701 e. The zero-order valence-corrected chi connectivity index (χ0v) is 13.2. The van der Waals surface area contributed by atoms with Crippen LogP contribution in [0.3, 0.4) is 0 Å². The number of anilines is 2. The van der Waals surface area contributed by atoms with Crippen molar-refractivity contribution in [2.45, 2.75) is 6.92 Å². The van der Waals surface area contributed by atoms with Gasteiger partial charge in [-0.05, 0) is 42.1 Å². The second-order valence-electron chi connectivity index (χ2n) is 5.48. The number of thiophene rings is 1. The minimum absolute atomic E-state index is 0.823. The van der Waals surface area contributed by atoms with Gasteiger partial charge < -0.3 is 4.90 Å². The first kappa shape index (κ1) is 13.3. The molecular weight excluding hydrogens is 288 g/mol. The Morgan fingerprint density at radius 2 is 1.95 bits per heavy atom.